The van der Waals surface area contributed by atoms with Gasteiger partial charge in [-0.1, -0.05) is 0 Å². The second-order valence-corrected chi connectivity index (χ2v) is 7.69. The van der Waals surface area contributed by atoms with Gasteiger partial charge in [-0.2, -0.15) is 5.10 Å². The van der Waals surface area contributed by atoms with Gasteiger partial charge in [0.1, 0.15) is 0 Å². The maximum absolute atomic E-state index is 12.4. The zero-order valence-electron chi connectivity index (χ0n) is 17.4. The monoisotopic (exact) mass is 489 g/mol. The van der Waals surface area contributed by atoms with Crippen LogP contribution in [0.3, 0.4) is 0 Å². The number of anilines is 1. The van der Waals surface area contributed by atoms with Gasteiger partial charge < -0.3 is 19.1 Å². The smallest absolute Gasteiger partial charge is 0.343 e. The van der Waals surface area contributed by atoms with Gasteiger partial charge in [0, 0.05) is 24.3 Å². The van der Waals surface area contributed by atoms with Crippen molar-refractivity contribution in [3.8, 4) is 11.5 Å². The second-order valence-electron chi connectivity index (χ2n) is 6.84. The summed E-state index contributed by atoms with van der Waals surface area (Å²) in [5.41, 5.74) is 4.85. The summed E-state index contributed by atoms with van der Waals surface area (Å²) in [4.78, 5) is 26.0. The minimum absolute atomic E-state index is 0.245. The summed E-state index contributed by atoms with van der Waals surface area (Å²) in [5.74, 6) is -0.0280. The van der Waals surface area contributed by atoms with Gasteiger partial charge in [-0.25, -0.2) is 10.2 Å². The number of benzene rings is 2. The van der Waals surface area contributed by atoms with E-state index in [9.17, 15) is 9.59 Å². The van der Waals surface area contributed by atoms with Gasteiger partial charge in [0.05, 0.1) is 24.9 Å². The molecule has 0 bridgehead atoms. The van der Waals surface area contributed by atoms with Crippen LogP contribution in [0.15, 0.2) is 46.0 Å². The highest BCUT2D eigenvalue weighted by Gasteiger charge is 2.14. The van der Waals surface area contributed by atoms with Gasteiger partial charge in [-0.3, -0.25) is 4.79 Å². The number of hydrazone groups is 1. The van der Waals surface area contributed by atoms with Crippen molar-refractivity contribution in [1.82, 2.24) is 5.43 Å². The first-order valence-electron chi connectivity index (χ1n) is 9.77. The number of nitrogens with zero attached hydrogens (tertiary/aromatic N) is 2. The third kappa shape index (κ3) is 5.97. The SMILES string of the molecule is COC(=O)COc1c(Br)cc(/C=N\NC(=O)c2ccc(N3CCCC3)cc2)cc1OC. The molecule has 1 N–H and O–H groups in total. The molecule has 3 rings (SSSR count). The van der Waals surface area contributed by atoms with Crippen molar-refractivity contribution in [3.05, 3.63) is 52.0 Å². The molecule has 0 radical (unpaired) electrons. The number of methoxy groups -OCH3 is 2. The molecule has 9 heteroatoms. The van der Waals surface area contributed by atoms with Crippen LogP contribution < -0.4 is 19.8 Å². The summed E-state index contributed by atoms with van der Waals surface area (Å²) in [6.45, 7) is 1.87. The van der Waals surface area contributed by atoms with E-state index < -0.39 is 5.97 Å². The Bertz CT molecular complexity index is 956. The minimum atomic E-state index is -0.504. The molecule has 2 aromatic rings. The quantitative estimate of drug-likeness (QED) is 0.347. The Morgan fingerprint density at radius 1 is 1.16 bits per heavy atom. The zero-order valence-corrected chi connectivity index (χ0v) is 19.0. The van der Waals surface area contributed by atoms with Crippen LogP contribution in [-0.2, 0) is 9.53 Å². The molecule has 1 heterocycles. The lowest BCUT2D eigenvalue weighted by Gasteiger charge is -2.17. The third-order valence-electron chi connectivity index (χ3n) is 4.79. The first kappa shape index (κ1) is 22.6. The van der Waals surface area contributed by atoms with Crippen LogP contribution in [0.5, 0.6) is 11.5 Å². The van der Waals surface area contributed by atoms with Crippen LogP contribution >= 0.6 is 15.9 Å². The van der Waals surface area contributed by atoms with Crippen LogP contribution in [0.1, 0.15) is 28.8 Å². The van der Waals surface area contributed by atoms with E-state index in [1.165, 1.54) is 33.3 Å². The van der Waals surface area contributed by atoms with Crippen molar-refractivity contribution in [2.24, 2.45) is 5.10 Å². The average molecular weight is 490 g/mol. The molecule has 8 nitrogen and oxygen atoms in total. The van der Waals surface area contributed by atoms with Crippen LogP contribution in [0.2, 0.25) is 0 Å². The van der Waals surface area contributed by atoms with Gasteiger partial charge in [0.25, 0.3) is 5.91 Å². The van der Waals surface area contributed by atoms with Crippen LogP contribution in [0, 0.1) is 0 Å². The van der Waals surface area contributed by atoms with Gasteiger partial charge in [-0.05, 0) is 70.7 Å². The Morgan fingerprint density at radius 2 is 1.87 bits per heavy atom. The standard InChI is InChI=1S/C22H24BrN3O5/c1-29-19-12-15(11-18(23)21(19)31-14-20(27)30-2)13-24-25-22(28)16-5-7-17(8-6-16)26-9-3-4-10-26/h5-8,11-13H,3-4,9-10,14H2,1-2H3,(H,25,28)/b24-13-. The molecule has 0 atom stereocenters. The molecular weight excluding hydrogens is 466 g/mol. The number of hydrogen-bond donors (Lipinski definition) is 1. The Kier molecular flexibility index (Phi) is 7.88. The molecule has 1 amide bonds. The van der Waals surface area contributed by atoms with Crippen molar-refractivity contribution in [2.75, 3.05) is 38.8 Å². The number of amides is 1. The zero-order chi connectivity index (χ0) is 22.2. The predicted molar refractivity (Wildman–Crippen MR) is 121 cm³/mol. The van der Waals surface area contributed by atoms with Crippen molar-refractivity contribution in [3.63, 3.8) is 0 Å². The number of rotatable bonds is 8. The van der Waals surface area contributed by atoms with Gasteiger partial charge in [0.15, 0.2) is 18.1 Å². The number of carbonyl (C=O) groups excluding carboxylic acids is 2. The third-order valence-corrected chi connectivity index (χ3v) is 5.38. The van der Waals surface area contributed by atoms with Gasteiger partial charge >= 0.3 is 5.97 Å². The topological polar surface area (TPSA) is 89.5 Å². The minimum Gasteiger partial charge on any atom is -0.493 e. The van der Waals surface area contributed by atoms with E-state index in [1.807, 2.05) is 12.1 Å². The molecule has 0 unspecified atom stereocenters. The van der Waals surface area contributed by atoms with E-state index in [-0.39, 0.29) is 12.5 Å². The van der Waals surface area contributed by atoms with E-state index in [0.717, 1.165) is 18.8 Å². The molecule has 2 aromatic carbocycles. The maximum Gasteiger partial charge on any atom is 0.343 e. The molecule has 164 valence electrons. The summed E-state index contributed by atoms with van der Waals surface area (Å²) in [7, 11) is 2.77. The van der Waals surface area contributed by atoms with E-state index in [2.05, 4.69) is 36.1 Å². The molecule has 0 aliphatic carbocycles. The molecule has 31 heavy (non-hydrogen) atoms. The number of esters is 1. The molecular formula is C22H24BrN3O5. The predicted octanol–water partition coefficient (Wildman–Crippen LogP) is 3.37. The largest absolute Gasteiger partial charge is 0.493 e. The van der Waals surface area contributed by atoms with E-state index in [1.54, 1.807) is 24.3 Å². The molecule has 0 saturated carbocycles. The molecule has 1 aliphatic heterocycles. The first-order chi connectivity index (χ1) is 15.0. The lowest BCUT2D eigenvalue weighted by atomic mass is 10.2. The van der Waals surface area contributed by atoms with E-state index in [4.69, 9.17) is 9.47 Å². The van der Waals surface area contributed by atoms with Crippen LogP contribution in [-0.4, -0.2) is 52.0 Å². The molecule has 1 aliphatic rings. The Labute approximate surface area is 189 Å². The van der Waals surface area contributed by atoms with E-state index >= 15 is 0 Å². The van der Waals surface area contributed by atoms with Gasteiger partial charge in [-0.15, -0.1) is 0 Å². The maximum atomic E-state index is 12.4. The Morgan fingerprint density at radius 3 is 2.52 bits per heavy atom. The van der Waals surface area contributed by atoms with Crippen LogP contribution in [0.4, 0.5) is 5.69 Å². The van der Waals surface area contributed by atoms with Gasteiger partial charge in [0.2, 0.25) is 0 Å². The fraction of sp³-hybridized carbons (Fsp3) is 0.318. The molecule has 1 saturated heterocycles. The van der Waals surface area contributed by atoms with Crippen molar-refractivity contribution in [1.29, 1.82) is 0 Å². The summed E-state index contributed by atoms with van der Waals surface area (Å²) >= 11 is 3.39. The summed E-state index contributed by atoms with van der Waals surface area (Å²) in [6, 6.07) is 10.9. The highest BCUT2D eigenvalue weighted by molar-refractivity contribution is 9.10. The van der Waals surface area contributed by atoms with Crippen molar-refractivity contribution >= 4 is 39.7 Å². The van der Waals surface area contributed by atoms with E-state index in [0.29, 0.717) is 27.1 Å². The Hall–Kier alpha value is -3.07. The fourth-order valence-electron chi connectivity index (χ4n) is 3.17. The summed E-state index contributed by atoms with van der Waals surface area (Å²) in [6.07, 6.45) is 3.90. The highest BCUT2D eigenvalue weighted by Crippen LogP contribution is 2.36. The molecule has 0 spiro atoms. The van der Waals surface area contributed by atoms with Crippen LogP contribution in [0.25, 0.3) is 0 Å². The fourth-order valence-corrected chi connectivity index (χ4v) is 3.75. The normalized spacial score (nSPS) is 13.3. The average Bonchev–Trinajstić information content (AvgIpc) is 3.32. The second kappa shape index (κ2) is 10.8. The lowest BCUT2D eigenvalue weighted by molar-refractivity contribution is -0.142. The number of halogens is 1. The number of hydrogen-bond acceptors (Lipinski definition) is 7. The first-order valence-corrected chi connectivity index (χ1v) is 10.6. The van der Waals surface area contributed by atoms with Crippen molar-refractivity contribution in [2.45, 2.75) is 12.8 Å². The van der Waals surface area contributed by atoms with Crippen molar-refractivity contribution < 1.29 is 23.8 Å². The number of nitrogens with one attached hydrogen (secondary N) is 1. The lowest BCUT2D eigenvalue weighted by Crippen LogP contribution is -2.19. The highest BCUT2D eigenvalue weighted by atomic mass is 79.9. The number of carbonyl (C=O) groups is 2. The molecule has 1 fully saturated rings. The number of ether oxygens (including phenoxy) is 3. The summed E-state index contributed by atoms with van der Waals surface area (Å²) in [5, 5.41) is 4.03. The summed E-state index contributed by atoms with van der Waals surface area (Å²) < 4.78 is 15.9. The molecule has 0 aromatic heterocycles. The Balaban J connectivity index is 1.62.